The maximum absolute atomic E-state index is 11.9. The summed E-state index contributed by atoms with van der Waals surface area (Å²) in [7, 11) is 3.49. The molecule has 1 heterocycles. The molecule has 0 aromatic heterocycles. The first kappa shape index (κ1) is 25.6. The number of halogens is 1. The summed E-state index contributed by atoms with van der Waals surface area (Å²) in [6, 6.07) is 8.55. The van der Waals surface area contributed by atoms with Crippen molar-refractivity contribution in [2.24, 2.45) is 4.99 Å². The largest absolute Gasteiger partial charge is 0.392 e. The van der Waals surface area contributed by atoms with Gasteiger partial charge in [-0.25, -0.2) is 4.99 Å². The van der Waals surface area contributed by atoms with Crippen molar-refractivity contribution < 1.29 is 9.90 Å². The molecule has 1 amide bonds. The molecular formula is C21H36IN5O2. The number of aliphatic hydroxyl groups excluding tert-OH is 1. The number of rotatable bonds is 8. The number of aliphatic hydroxyl groups is 1. The summed E-state index contributed by atoms with van der Waals surface area (Å²) < 4.78 is 0. The topological polar surface area (TPSA) is 80.2 Å². The van der Waals surface area contributed by atoms with Crippen molar-refractivity contribution in [3.63, 3.8) is 0 Å². The molecule has 1 aliphatic rings. The summed E-state index contributed by atoms with van der Waals surface area (Å²) in [5, 5.41) is 16.3. The normalized spacial score (nSPS) is 18.1. The number of benzene rings is 1. The molecule has 1 aromatic carbocycles. The fourth-order valence-electron chi connectivity index (χ4n) is 3.03. The second kappa shape index (κ2) is 13.0. The number of carbonyl (C=O) groups is 1. The zero-order chi connectivity index (χ0) is 20.5. The van der Waals surface area contributed by atoms with E-state index in [1.807, 2.05) is 12.1 Å². The van der Waals surface area contributed by atoms with Gasteiger partial charge in [0.05, 0.1) is 19.2 Å². The first-order valence-electron chi connectivity index (χ1n) is 10.1. The highest BCUT2D eigenvalue weighted by atomic mass is 127. The molecule has 8 heteroatoms. The van der Waals surface area contributed by atoms with Crippen LogP contribution >= 0.6 is 24.0 Å². The van der Waals surface area contributed by atoms with Crippen molar-refractivity contribution >= 4 is 35.8 Å². The molecule has 0 radical (unpaired) electrons. The molecule has 7 nitrogen and oxygen atoms in total. The second-order valence-electron chi connectivity index (χ2n) is 7.71. The molecule has 2 atom stereocenters. The van der Waals surface area contributed by atoms with Crippen LogP contribution in [0.1, 0.15) is 37.8 Å². The fraction of sp³-hybridized carbons (Fsp3) is 0.619. The van der Waals surface area contributed by atoms with Gasteiger partial charge in [0.1, 0.15) is 0 Å². The van der Waals surface area contributed by atoms with E-state index >= 15 is 0 Å². The van der Waals surface area contributed by atoms with Crippen molar-refractivity contribution in [2.75, 3.05) is 33.7 Å². The SMILES string of the molecule is CCC(C)NC(=NCc1ccccc1CN1CCC(O)C1)NCC(=O)N(C)C.I. The molecule has 164 valence electrons. The van der Waals surface area contributed by atoms with Crippen LogP contribution in [0.25, 0.3) is 0 Å². The summed E-state index contributed by atoms with van der Waals surface area (Å²) in [6.07, 6.45) is 1.60. The molecular weight excluding hydrogens is 481 g/mol. The van der Waals surface area contributed by atoms with Crippen molar-refractivity contribution in [1.82, 2.24) is 20.4 Å². The van der Waals surface area contributed by atoms with Crippen LogP contribution < -0.4 is 10.6 Å². The molecule has 1 aromatic rings. The summed E-state index contributed by atoms with van der Waals surface area (Å²) in [6.45, 7) is 7.43. The zero-order valence-corrected chi connectivity index (χ0v) is 20.3. The maximum atomic E-state index is 11.9. The minimum atomic E-state index is -0.213. The van der Waals surface area contributed by atoms with Gasteiger partial charge in [-0.3, -0.25) is 9.69 Å². The number of nitrogens with zero attached hydrogens (tertiary/aromatic N) is 3. The Labute approximate surface area is 192 Å². The van der Waals surface area contributed by atoms with Crippen LogP contribution in [0.5, 0.6) is 0 Å². The van der Waals surface area contributed by atoms with Gasteiger partial charge < -0.3 is 20.6 Å². The number of likely N-dealkylation sites (tertiary alicyclic amines) is 1. The molecule has 29 heavy (non-hydrogen) atoms. The lowest BCUT2D eigenvalue weighted by molar-refractivity contribution is -0.127. The van der Waals surface area contributed by atoms with Gasteiger partial charge >= 0.3 is 0 Å². The van der Waals surface area contributed by atoms with Gasteiger partial charge in [-0.2, -0.15) is 0 Å². The third kappa shape index (κ3) is 8.88. The van der Waals surface area contributed by atoms with Gasteiger partial charge in [-0.1, -0.05) is 31.2 Å². The summed E-state index contributed by atoms with van der Waals surface area (Å²) in [5.41, 5.74) is 2.39. The van der Waals surface area contributed by atoms with Crippen LogP contribution in [0.4, 0.5) is 0 Å². The van der Waals surface area contributed by atoms with Crippen LogP contribution in [0, 0.1) is 0 Å². The molecule has 2 unspecified atom stereocenters. The highest BCUT2D eigenvalue weighted by Gasteiger charge is 2.20. The number of hydrogen-bond donors (Lipinski definition) is 3. The Morgan fingerprint density at radius 2 is 2.03 bits per heavy atom. The first-order valence-corrected chi connectivity index (χ1v) is 10.1. The first-order chi connectivity index (χ1) is 13.4. The van der Waals surface area contributed by atoms with E-state index in [2.05, 4.69) is 41.5 Å². The van der Waals surface area contributed by atoms with Crippen molar-refractivity contribution in [3.8, 4) is 0 Å². The van der Waals surface area contributed by atoms with E-state index in [9.17, 15) is 9.90 Å². The third-order valence-corrected chi connectivity index (χ3v) is 5.07. The molecule has 1 aliphatic heterocycles. The van der Waals surface area contributed by atoms with Gasteiger partial charge in [0.25, 0.3) is 0 Å². The van der Waals surface area contributed by atoms with Crippen LogP contribution in [0.15, 0.2) is 29.3 Å². The lowest BCUT2D eigenvalue weighted by Gasteiger charge is -2.19. The van der Waals surface area contributed by atoms with Gasteiger partial charge in [0.2, 0.25) is 5.91 Å². The van der Waals surface area contributed by atoms with Gasteiger partial charge in [0.15, 0.2) is 5.96 Å². The van der Waals surface area contributed by atoms with Gasteiger partial charge in [0, 0.05) is 39.8 Å². The van der Waals surface area contributed by atoms with Crippen LogP contribution in [-0.2, 0) is 17.9 Å². The summed E-state index contributed by atoms with van der Waals surface area (Å²) in [4.78, 5) is 20.5. The van der Waals surface area contributed by atoms with E-state index in [0.29, 0.717) is 12.5 Å². The molecule has 0 bridgehead atoms. The Morgan fingerprint density at radius 3 is 2.62 bits per heavy atom. The van der Waals surface area contributed by atoms with Crippen LogP contribution in [0.2, 0.25) is 0 Å². The van der Waals surface area contributed by atoms with E-state index in [-0.39, 0.29) is 48.6 Å². The molecule has 1 saturated heterocycles. The highest BCUT2D eigenvalue weighted by molar-refractivity contribution is 14.0. The summed E-state index contributed by atoms with van der Waals surface area (Å²) >= 11 is 0. The molecule has 3 N–H and O–H groups in total. The number of nitrogens with one attached hydrogen (secondary N) is 2. The minimum Gasteiger partial charge on any atom is -0.392 e. The number of carbonyl (C=O) groups excluding carboxylic acids is 1. The van der Waals surface area contributed by atoms with Crippen molar-refractivity contribution in [3.05, 3.63) is 35.4 Å². The Bertz CT molecular complexity index is 668. The lowest BCUT2D eigenvalue weighted by atomic mass is 10.1. The Morgan fingerprint density at radius 1 is 1.34 bits per heavy atom. The quantitative estimate of drug-likeness (QED) is 0.279. The number of likely N-dealkylation sites (N-methyl/N-ethyl adjacent to an activating group) is 1. The fourth-order valence-corrected chi connectivity index (χ4v) is 3.03. The number of guanidine groups is 1. The third-order valence-electron chi connectivity index (χ3n) is 5.07. The van der Waals surface area contributed by atoms with Crippen molar-refractivity contribution in [2.45, 2.75) is 51.9 Å². The second-order valence-corrected chi connectivity index (χ2v) is 7.71. The molecule has 0 aliphatic carbocycles. The Balaban J connectivity index is 0.00000420. The highest BCUT2D eigenvalue weighted by Crippen LogP contribution is 2.17. The van der Waals surface area contributed by atoms with E-state index in [4.69, 9.17) is 4.99 Å². The van der Waals surface area contributed by atoms with E-state index in [1.165, 1.54) is 5.56 Å². The van der Waals surface area contributed by atoms with E-state index in [1.54, 1.807) is 19.0 Å². The number of aliphatic imine (C=N–C) groups is 1. The summed E-state index contributed by atoms with van der Waals surface area (Å²) in [5.74, 6) is 0.655. The van der Waals surface area contributed by atoms with E-state index in [0.717, 1.165) is 38.0 Å². The number of hydrogen-bond acceptors (Lipinski definition) is 4. The maximum Gasteiger partial charge on any atom is 0.241 e. The van der Waals surface area contributed by atoms with Crippen LogP contribution in [-0.4, -0.2) is 72.6 Å². The Kier molecular flexibility index (Phi) is 11.5. The number of β-amino-alcohol motifs (C(OH)–C–C–N with tert-alkyl or cyclic N) is 1. The Hall–Kier alpha value is -1.39. The smallest absolute Gasteiger partial charge is 0.241 e. The predicted molar refractivity (Wildman–Crippen MR) is 128 cm³/mol. The van der Waals surface area contributed by atoms with Crippen LogP contribution in [0.3, 0.4) is 0 Å². The number of amides is 1. The van der Waals surface area contributed by atoms with E-state index < -0.39 is 0 Å². The lowest BCUT2D eigenvalue weighted by Crippen LogP contribution is -2.45. The minimum absolute atomic E-state index is 0. The average molecular weight is 517 g/mol. The molecule has 2 rings (SSSR count). The molecule has 1 fully saturated rings. The molecule has 0 spiro atoms. The van der Waals surface area contributed by atoms with Gasteiger partial charge in [-0.05, 0) is 30.9 Å². The predicted octanol–water partition coefficient (Wildman–Crippen LogP) is 1.79. The average Bonchev–Trinajstić information content (AvgIpc) is 3.09. The standard InChI is InChI=1S/C21H35N5O2.HI/c1-5-16(2)24-21(23-13-20(28)25(3)4)22-12-17-8-6-7-9-18(17)14-26-11-10-19(27)15-26;/h6-9,16,19,27H,5,10-15H2,1-4H3,(H2,22,23,24);1H. The van der Waals surface area contributed by atoms with Gasteiger partial charge in [-0.15, -0.1) is 24.0 Å². The molecule has 0 saturated carbocycles. The zero-order valence-electron chi connectivity index (χ0n) is 18.0. The monoisotopic (exact) mass is 517 g/mol. The van der Waals surface area contributed by atoms with Crippen molar-refractivity contribution in [1.29, 1.82) is 0 Å².